The molecule has 0 fully saturated rings. The van der Waals surface area contributed by atoms with Crippen molar-refractivity contribution in [2.45, 2.75) is 19.1 Å². The third kappa shape index (κ3) is 6.06. The second kappa shape index (κ2) is 9.88. The summed E-state index contributed by atoms with van der Waals surface area (Å²) in [7, 11) is 0. The van der Waals surface area contributed by atoms with Crippen LogP contribution in [-0.2, 0) is 17.0 Å². The van der Waals surface area contributed by atoms with Crippen LogP contribution in [0.25, 0.3) is 10.6 Å². The van der Waals surface area contributed by atoms with E-state index in [-0.39, 0.29) is 5.91 Å². The maximum Gasteiger partial charge on any atom is 0.230 e. The molecule has 0 radical (unpaired) electrons. The number of aryl methyl sites for hydroxylation is 1. The van der Waals surface area contributed by atoms with E-state index < -0.39 is 0 Å². The number of thiazole rings is 1. The molecular weight excluding hydrogens is 398 g/mol. The molecule has 0 aliphatic heterocycles. The van der Waals surface area contributed by atoms with Crippen molar-refractivity contribution in [1.82, 2.24) is 15.3 Å². The van der Waals surface area contributed by atoms with Gasteiger partial charge < -0.3 is 5.32 Å². The van der Waals surface area contributed by atoms with Crippen LogP contribution in [-0.4, -0.2) is 28.2 Å². The van der Waals surface area contributed by atoms with Crippen molar-refractivity contribution in [1.29, 1.82) is 0 Å². The predicted molar refractivity (Wildman–Crippen MR) is 114 cm³/mol. The first-order chi connectivity index (χ1) is 13.1. The molecule has 27 heavy (non-hydrogen) atoms. The highest BCUT2D eigenvalue weighted by Crippen LogP contribution is 2.30. The fourth-order valence-corrected chi connectivity index (χ4v) is 4.72. The summed E-state index contributed by atoms with van der Waals surface area (Å²) in [5.41, 5.74) is 3.21. The van der Waals surface area contributed by atoms with Gasteiger partial charge in [0.05, 0.1) is 11.4 Å². The summed E-state index contributed by atoms with van der Waals surface area (Å²) >= 11 is 9.23. The molecule has 1 aromatic carbocycles. The molecule has 2 aromatic heterocycles. The molecule has 1 amide bonds. The summed E-state index contributed by atoms with van der Waals surface area (Å²) in [4.78, 5) is 21.9. The highest BCUT2D eigenvalue weighted by molar-refractivity contribution is 7.99. The van der Waals surface area contributed by atoms with Gasteiger partial charge in [-0.15, -0.1) is 23.1 Å². The lowest BCUT2D eigenvalue weighted by Crippen LogP contribution is -2.27. The Kier molecular flexibility index (Phi) is 7.26. The molecule has 140 valence electrons. The zero-order valence-electron chi connectivity index (χ0n) is 14.9. The number of nitrogens with one attached hydrogen (secondary N) is 1. The zero-order chi connectivity index (χ0) is 19.1. The van der Waals surface area contributed by atoms with E-state index in [0.29, 0.717) is 12.3 Å². The molecule has 1 N–H and O–H groups in total. The quantitative estimate of drug-likeness (QED) is 0.574. The van der Waals surface area contributed by atoms with Gasteiger partial charge in [-0.3, -0.25) is 9.78 Å². The lowest BCUT2D eigenvalue weighted by Gasteiger charge is -2.05. The van der Waals surface area contributed by atoms with Crippen LogP contribution in [0, 0.1) is 6.92 Å². The monoisotopic (exact) mass is 417 g/mol. The van der Waals surface area contributed by atoms with Gasteiger partial charge in [-0.1, -0.05) is 29.8 Å². The molecule has 0 spiro atoms. The lowest BCUT2D eigenvalue weighted by atomic mass is 10.2. The highest BCUT2D eigenvalue weighted by Gasteiger charge is 2.10. The Morgan fingerprint density at radius 3 is 2.81 bits per heavy atom. The van der Waals surface area contributed by atoms with E-state index in [0.717, 1.165) is 39.0 Å². The molecule has 0 unspecified atom stereocenters. The molecule has 7 heteroatoms. The number of carbonyl (C=O) groups excluding carboxylic acids is 1. The van der Waals surface area contributed by atoms with E-state index in [1.54, 1.807) is 29.3 Å². The van der Waals surface area contributed by atoms with Crippen molar-refractivity contribution in [2.75, 3.05) is 12.3 Å². The van der Waals surface area contributed by atoms with Gasteiger partial charge in [-0.2, -0.15) is 0 Å². The summed E-state index contributed by atoms with van der Waals surface area (Å²) in [5.74, 6) is 1.29. The van der Waals surface area contributed by atoms with Crippen LogP contribution >= 0.6 is 34.7 Å². The third-order valence-electron chi connectivity index (χ3n) is 3.91. The number of nitrogens with zero attached hydrogens (tertiary/aromatic N) is 2. The van der Waals surface area contributed by atoms with Crippen LogP contribution in [0.3, 0.4) is 0 Å². The average Bonchev–Trinajstić information content (AvgIpc) is 3.04. The van der Waals surface area contributed by atoms with Crippen LogP contribution < -0.4 is 5.32 Å². The van der Waals surface area contributed by atoms with Crippen molar-refractivity contribution < 1.29 is 4.79 Å². The number of benzene rings is 1. The Labute approximate surface area is 172 Å². The molecule has 0 saturated carbocycles. The van der Waals surface area contributed by atoms with E-state index in [9.17, 15) is 4.79 Å². The number of amides is 1. The Bertz CT molecular complexity index is 882. The molecular formula is C20H20ClN3OS2. The van der Waals surface area contributed by atoms with Crippen molar-refractivity contribution in [3.8, 4) is 10.6 Å². The highest BCUT2D eigenvalue weighted by atomic mass is 35.5. The van der Waals surface area contributed by atoms with E-state index in [4.69, 9.17) is 11.6 Å². The fraction of sp³-hybridized carbons (Fsp3) is 0.250. The Balaban J connectivity index is 1.43. The molecule has 3 rings (SSSR count). The van der Waals surface area contributed by atoms with Crippen LogP contribution in [0.2, 0.25) is 5.02 Å². The van der Waals surface area contributed by atoms with Crippen LogP contribution in [0.1, 0.15) is 16.1 Å². The molecule has 0 aliphatic carbocycles. The largest absolute Gasteiger partial charge is 0.355 e. The molecule has 3 aromatic rings. The van der Waals surface area contributed by atoms with Gasteiger partial charge in [0.2, 0.25) is 5.91 Å². The molecule has 2 heterocycles. The van der Waals surface area contributed by atoms with Crippen molar-refractivity contribution in [3.05, 3.63) is 69.9 Å². The number of rotatable bonds is 8. The Morgan fingerprint density at radius 1 is 1.26 bits per heavy atom. The smallest absolute Gasteiger partial charge is 0.230 e. The van der Waals surface area contributed by atoms with Gasteiger partial charge in [-0.05, 0) is 37.1 Å². The van der Waals surface area contributed by atoms with Crippen LogP contribution in [0.4, 0.5) is 0 Å². The number of halogens is 1. The maximum atomic E-state index is 12.0. The Morgan fingerprint density at radius 2 is 2.07 bits per heavy atom. The number of thioether (sulfide) groups is 1. The van der Waals surface area contributed by atoms with Gasteiger partial charge >= 0.3 is 0 Å². The molecule has 4 nitrogen and oxygen atoms in total. The minimum absolute atomic E-state index is 0.0592. The maximum absolute atomic E-state index is 12.0. The third-order valence-corrected chi connectivity index (χ3v) is 6.51. The number of hydrogen-bond donors (Lipinski definition) is 1. The van der Waals surface area contributed by atoms with Crippen LogP contribution in [0.15, 0.2) is 48.8 Å². The first-order valence-electron chi connectivity index (χ1n) is 8.57. The SMILES string of the molecule is Cc1nc(-c2ccc(Cl)cc2)sc1CSCC(=O)NCCc1cccnc1. The van der Waals surface area contributed by atoms with Gasteiger partial charge in [0.1, 0.15) is 5.01 Å². The van der Waals surface area contributed by atoms with Gasteiger partial charge in [-0.25, -0.2) is 4.98 Å². The minimum Gasteiger partial charge on any atom is -0.355 e. The lowest BCUT2D eigenvalue weighted by molar-refractivity contribution is -0.118. The van der Waals surface area contributed by atoms with Gasteiger partial charge in [0.15, 0.2) is 0 Å². The molecule has 0 aliphatic rings. The Hall–Kier alpha value is -1.89. The van der Waals surface area contributed by atoms with Gasteiger partial charge in [0, 0.05) is 40.2 Å². The second-order valence-corrected chi connectivity index (χ2v) is 8.49. The predicted octanol–water partition coefficient (Wildman–Crippen LogP) is 4.76. The van der Waals surface area contributed by atoms with E-state index in [1.165, 1.54) is 4.88 Å². The zero-order valence-corrected chi connectivity index (χ0v) is 17.3. The molecule has 0 saturated heterocycles. The standard InChI is InChI=1S/C20H20ClN3OS2/c1-14-18(27-20(24-14)16-4-6-17(21)7-5-16)12-26-13-19(25)23-10-8-15-3-2-9-22-11-15/h2-7,9,11H,8,10,12-13H2,1H3,(H,23,25). The minimum atomic E-state index is 0.0592. The van der Waals surface area contributed by atoms with Crippen molar-refractivity contribution >= 4 is 40.6 Å². The summed E-state index contributed by atoms with van der Waals surface area (Å²) in [6.45, 7) is 2.64. The van der Waals surface area contributed by atoms with Crippen molar-refractivity contribution in [2.24, 2.45) is 0 Å². The summed E-state index contributed by atoms with van der Waals surface area (Å²) in [6, 6.07) is 11.6. The van der Waals surface area contributed by atoms with E-state index >= 15 is 0 Å². The number of hydrogen-bond acceptors (Lipinski definition) is 5. The number of aromatic nitrogens is 2. The number of carbonyl (C=O) groups is 1. The van der Waals surface area contributed by atoms with E-state index in [1.807, 2.05) is 49.5 Å². The normalized spacial score (nSPS) is 10.7. The first-order valence-corrected chi connectivity index (χ1v) is 10.9. The van der Waals surface area contributed by atoms with Gasteiger partial charge in [0.25, 0.3) is 0 Å². The summed E-state index contributed by atoms with van der Waals surface area (Å²) in [6.07, 6.45) is 4.37. The fourth-order valence-electron chi connectivity index (χ4n) is 2.46. The summed E-state index contributed by atoms with van der Waals surface area (Å²) < 4.78 is 0. The first kappa shape index (κ1) is 19.9. The second-order valence-electron chi connectivity index (χ2n) is 5.99. The summed E-state index contributed by atoms with van der Waals surface area (Å²) in [5, 5.41) is 4.66. The average molecular weight is 418 g/mol. The van der Waals surface area contributed by atoms with Crippen LogP contribution in [0.5, 0.6) is 0 Å². The topological polar surface area (TPSA) is 54.9 Å². The molecule has 0 atom stereocenters. The van der Waals surface area contributed by atoms with E-state index in [2.05, 4.69) is 15.3 Å². The number of pyridine rings is 1. The molecule has 0 bridgehead atoms. The van der Waals surface area contributed by atoms with Crippen molar-refractivity contribution in [3.63, 3.8) is 0 Å².